The van der Waals surface area contributed by atoms with Gasteiger partial charge >= 0.3 is 0 Å². The molecule has 1 aromatic carbocycles. The van der Waals surface area contributed by atoms with E-state index in [-0.39, 0.29) is 5.91 Å². The lowest BCUT2D eigenvalue weighted by Crippen LogP contribution is -2.39. The zero-order chi connectivity index (χ0) is 13.3. The van der Waals surface area contributed by atoms with Gasteiger partial charge in [0.1, 0.15) is 0 Å². The molecule has 0 saturated carbocycles. The monoisotopic (exact) mass is 262 g/mol. The summed E-state index contributed by atoms with van der Waals surface area (Å²) in [7, 11) is 0. The van der Waals surface area contributed by atoms with Crippen molar-refractivity contribution in [3.8, 4) is 0 Å². The number of carbonyl (C=O) groups excluding carboxylic acids is 1. The minimum Gasteiger partial charge on any atom is -0.379 e. The third-order valence-electron chi connectivity index (χ3n) is 3.34. The molecule has 0 aliphatic carbocycles. The summed E-state index contributed by atoms with van der Waals surface area (Å²) in [5.41, 5.74) is 1.26. The highest BCUT2D eigenvalue weighted by molar-refractivity contribution is 5.76. The maximum Gasteiger partial charge on any atom is 0.221 e. The summed E-state index contributed by atoms with van der Waals surface area (Å²) >= 11 is 0. The molecular weight excluding hydrogens is 240 g/mol. The van der Waals surface area contributed by atoms with Crippen molar-refractivity contribution in [1.82, 2.24) is 10.2 Å². The van der Waals surface area contributed by atoms with Gasteiger partial charge in [0, 0.05) is 32.6 Å². The highest BCUT2D eigenvalue weighted by Crippen LogP contribution is 1.99. The lowest BCUT2D eigenvalue weighted by atomic mass is 10.1. The van der Waals surface area contributed by atoms with Crippen molar-refractivity contribution < 1.29 is 9.53 Å². The fourth-order valence-electron chi connectivity index (χ4n) is 2.16. The molecular formula is C15H22N2O2. The molecule has 19 heavy (non-hydrogen) atoms. The zero-order valence-corrected chi connectivity index (χ0v) is 11.3. The third kappa shape index (κ3) is 5.41. The molecule has 1 aliphatic heterocycles. The molecule has 0 aromatic heterocycles. The molecule has 0 bridgehead atoms. The van der Waals surface area contributed by atoms with Gasteiger partial charge in [-0.3, -0.25) is 9.69 Å². The Balaban J connectivity index is 1.57. The fourth-order valence-corrected chi connectivity index (χ4v) is 2.16. The van der Waals surface area contributed by atoms with E-state index in [0.717, 1.165) is 39.3 Å². The predicted octanol–water partition coefficient (Wildman–Crippen LogP) is 1.07. The molecule has 104 valence electrons. The molecule has 4 heteroatoms. The molecule has 1 saturated heterocycles. The van der Waals surface area contributed by atoms with Crippen molar-refractivity contribution in [3.63, 3.8) is 0 Å². The summed E-state index contributed by atoms with van der Waals surface area (Å²) in [5.74, 6) is 0.141. The highest BCUT2D eigenvalue weighted by atomic mass is 16.5. The molecule has 0 spiro atoms. The Hall–Kier alpha value is -1.39. The van der Waals surface area contributed by atoms with Crippen LogP contribution >= 0.6 is 0 Å². The molecule has 4 nitrogen and oxygen atoms in total. The second-order valence-electron chi connectivity index (χ2n) is 4.79. The summed E-state index contributed by atoms with van der Waals surface area (Å²) in [6.07, 6.45) is 1.47. The van der Waals surface area contributed by atoms with E-state index >= 15 is 0 Å². The Morgan fingerprint density at radius 1 is 1.21 bits per heavy atom. The number of nitrogens with one attached hydrogen (secondary N) is 1. The van der Waals surface area contributed by atoms with E-state index in [1.165, 1.54) is 5.56 Å². The lowest BCUT2D eigenvalue weighted by molar-refractivity contribution is -0.121. The highest BCUT2D eigenvalue weighted by Gasteiger charge is 2.11. The third-order valence-corrected chi connectivity index (χ3v) is 3.34. The Kier molecular flexibility index (Phi) is 5.85. The first kappa shape index (κ1) is 14.0. The van der Waals surface area contributed by atoms with Gasteiger partial charge in [-0.25, -0.2) is 0 Å². The van der Waals surface area contributed by atoms with Crippen molar-refractivity contribution in [2.45, 2.75) is 12.8 Å². The van der Waals surface area contributed by atoms with Crippen molar-refractivity contribution in [2.75, 3.05) is 39.4 Å². The van der Waals surface area contributed by atoms with Crippen molar-refractivity contribution in [3.05, 3.63) is 35.9 Å². The van der Waals surface area contributed by atoms with Crippen LogP contribution in [0.2, 0.25) is 0 Å². The van der Waals surface area contributed by atoms with Gasteiger partial charge in [-0.1, -0.05) is 30.3 Å². The number of hydrogen-bond donors (Lipinski definition) is 1. The molecule has 2 rings (SSSR count). The Bertz CT molecular complexity index is 375. The largest absolute Gasteiger partial charge is 0.379 e. The number of amides is 1. The van der Waals surface area contributed by atoms with Gasteiger partial charge in [-0.15, -0.1) is 0 Å². The maximum atomic E-state index is 11.7. The summed E-state index contributed by atoms with van der Waals surface area (Å²) in [6, 6.07) is 10.2. The molecule has 1 aliphatic rings. The number of rotatable bonds is 6. The minimum absolute atomic E-state index is 0.141. The van der Waals surface area contributed by atoms with Crippen LogP contribution in [0.3, 0.4) is 0 Å². The minimum atomic E-state index is 0.141. The van der Waals surface area contributed by atoms with Crippen LogP contribution in [0, 0.1) is 0 Å². The van der Waals surface area contributed by atoms with Crippen LogP contribution in [0.4, 0.5) is 0 Å². The Labute approximate surface area is 114 Å². The summed E-state index contributed by atoms with van der Waals surface area (Å²) in [5, 5.41) is 2.97. The summed E-state index contributed by atoms with van der Waals surface area (Å²) in [4.78, 5) is 14.0. The van der Waals surface area contributed by atoms with Gasteiger partial charge < -0.3 is 10.1 Å². The number of carbonyl (C=O) groups is 1. The van der Waals surface area contributed by atoms with Crippen LogP contribution in [0.15, 0.2) is 30.3 Å². The Morgan fingerprint density at radius 3 is 2.68 bits per heavy atom. The molecule has 0 atom stereocenters. The predicted molar refractivity (Wildman–Crippen MR) is 75.0 cm³/mol. The first-order valence-electron chi connectivity index (χ1n) is 6.95. The van der Waals surface area contributed by atoms with Gasteiger partial charge in [0.15, 0.2) is 0 Å². The number of nitrogens with zero attached hydrogens (tertiary/aromatic N) is 1. The maximum absolute atomic E-state index is 11.7. The van der Waals surface area contributed by atoms with Gasteiger partial charge in [0.2, 0.25) is 5.91 Å². The van der Waals surface area contributed by atoms with Crippen LogP contribution in [0.5, 0.6) is 0 Å². The molecule has 0 radical (unpaired) electrons. The van der Waals surface area contributed by atoms with Crippen molar-refractivity contribution in [2.24, 2.45) is 0 Å². The van der Waals surface area contributed by atoms with Crippen LogP contribution in [0.1, 0.15) is 12.0 Å². The van der Waals surface area contributed by atoms with Crippen LogP contribution in [-0.4, -0.2) is 50.2 Å². The normalized spacial score (nSPS) is 16.2. The second kappa shape index (κ2) is 7.92. The van der Waals surface area contributed by atoms with Gasteiger partial charge in [0.05, 0.1) is 13.2 Å². The first-order chi connectivity index (χ1) is 9.34. The molecule has 0 unspecified atom stereocenters. The lowest BCUT2D eigenvalue weighted by Gasteiger charge is -2.26. The number of morpholine rings is 1. The van der Waals surface area contributed by atoms with Gasteiger partial charge in [-0.05, 0) is 12.0 Å². The first-order valence-corrected chi connectivity index (χ1v) is 6.95. The molecule has 1 heterocycles. The van der Waals surface area contributed by atoms with E-state index in [1.54, 1.807) is 0 Å². The smallest absolute Gasteiger partial charge is 0.221 e. The molecule has 1 fully saturated rings. The quantitative estimate of drug-likeness (QED) is 0.834. The van der Waals surface area contributed by atoms with Gasteiger partial charge in [0.25, 0.3) is 0 Å². The van der Waals surface area contributed by atoms with Crippen molar-refractivity contribution in [1.29, 1.82) is 0 Å². The van der Waals surface area contributed by atoms with Crippen LogP contribution in [0.25, 0.3) is 0 Å². The molecule has 1 aromatic rings. The summed E-state index contributed by atoms with van der Waals surface area (Å²) < 4.78 is 5.28. The van der Waals surface area contributed by atoms with Crippen LogP contribution < -0.4 is 5.32 Å². The van der Waals surface area contributed by atoms with E-state index < -0.39 is 0 Å². The standard InChI is InChI=1S/C15H22N2O2/c18-15(7-9-17-10-12-19-13-11-17)16-8-6-14-4-2-1-3-5-14/h1-5H,6-13H2,(H,16,18). The van der Waals surface area contributed by atoms with E-state index in [0.29, 0.717) is 13.0 Å². The van der Waals surface area contributed by atoms with E-state index in [9.17, 15) is 4.79 Å². The number of ether oxygens (including phenoxy) is 1. The molecule has 1 amide bonds. The van der Waals surface area contributed by atoms with E-state index in [2.05, 4.69) is 22.3 Å². The topological polar surface area (TPSA) is 41.6 Å². The van der Waals surface area contributed by atoms with Crippen molar-refractivity contribution >= 4 is 5.91 Å². The number of hydrogen-bond acceptors (Lipinski definition) is 3. The van der Waals surface area contributed by atoms with E-state index in [4.69, 9.17) is 4.74 Å². The van der Waals surface area contributed by atoms with E-state index in [1.807, 2.05) is 18.2 Å². The fraction of sp³-hybridized carbons (Fsp3) is 0.533. The zero-order valence-electron chi connectivity index (χ0n) is 11.3. The van der Waals surface area contributed by atoms with Gasteiger partial charge in [-0.2, -0.15) is 0 Å². The second-order valence-corrected chi connectivity index (χ2v) is 4.79. The molecule has 1 N–H and O–H groups in total. The average molecular weight is 262 g/mol. The Morgan fingerprint density at radius 2 is 1.95 bits per heavy atom. The number of benzene rings is 1. The summed E-state index contributed by atoms with van der Waals surface area (Å²) in [6.45, 7) is 5.01. The van der Waals surface area contributed by atoms with Crippen LogP contribution in [-0.2, 0) is 16.0 Å². The average Bonchev–Trinajstić information content (AvgIpc) is 2.47. The SMILES string of the molecule is O=C(CCN1CCOCC1)NCCc1ccccc1.